The summed E-state index contributed by atoms with van der Waals surface area (Å²) in [6, 6.07) is 25.2. The molecular weight excluding hydrogens is 476 g/mol. The Morgan fingerprint density at radius 2 is 1.64 bits per heavy atom. The number of pyridine rings is 2. The van der Waals surface area contributed by atoms with Crippen LogP contribution in [0.25, 0.3) is 44.3 Å². The van der Waals surface area contributed by atoms with Crippen LogP contribution in [0.2, 0.25) is 0 Å². The number of rotatable bonds is 0. The molecule has 3 aromatic heterocycles. The van der Waals surface area contributed by atoms with Gasteiger partial charge in [-0.25, -0.2) is 0 Å². The van der Waals surface area contributed by atoms with Crippen LogP contribution in [0, 0.1) is 20.8 Å². The monoisotopic (exact) mass is 506 g/mol. The molecule has 0 amide bonds. The number of fused-ring (bicyclic) bond motifs is 16. The molecule has 1 aliphatic carbocycles. The highest BCUT2D eigenvalue weighted by Gasteiger charge is 2.67. The Hall–Kier alpha value is -4.24. The molecule has 0 bridgehead atoms. The van der Waals surface area contributed by atoms with E-state index in [1.165, 1.54) is 90.7 Å². The molecule has 0 radical (unpaired) electrons. The highest BCUT2D eigenvalue weighted by molar-refractivity contribution is 6.04. The van der Waals surface area contributed by atoms with E-state index in [1.807, 2.05) is 0 Å². The molecule has 1 spiro atoms. The third-order valence-electron chi connectivity index (χ3n) is 9.68. The normalized spacial score (nSPS) is 18.3. The molecule has 0 saturated heterocycles. The van der Waals surface area contributed by atoms with Crippen molar-refractivity contribution in [1.29, 1.82) is 0 Å². The number of nitrogens with zero attached hydrogens (tertiary/aromatic N) is 2. The molecule has 0 fully saturated rings. The van der Waals surface area contributed by atoms with E-state index in [0.29, 0.717) is 0 Å². The number of hydrogen-bond acceptors (Lipinski definition) is 1. The topological polar surface area (TPSA) is 20.9 Å². The lowest BCUT2D eigenvalue weighted by molar-refractivity contribution is -0.954. The van der Waals surface area contributed by atoms with E-state index in [-0.39, 0.29) is 0 Å². The van der Waals surface area contributed by atoms with Gasteiger partial charge in [0.1, 0.15) is 28.0 Å². The lowest BCUT2D eigenvalue weighted by atomic mass is 9.87. The minimum atomic E-state index is -0.522. The molecule has 188 valence electrons. The van der Waals surface area contributed by atoms with Gasteiger partial charge in [0.15, 0.2) is 12.4 Å². The van der Waals surface area contributed by atoms with Crippen molar-refractivity contribution >= 4 is 21.7 Å². The molecule has 6 aromatic rings. The zero-order chi connectivity index (χ0) is 26.0. The van der Waals surface area contributed by atoms with Crippen molar-refractivity contribution in [2.75, 3.05) is 0 Å². The third-order valence-corrected chi connectivity index (χ3v) is 9.68. The summed E-state index contributed by atoms with van der Waals surface area (Å²) in [7, 11) is 0. The Morgan fingerprint density at radius 1 is 0.769 bits per heavy atom. The molecule has 3 nitrogen and oxygen atoms in total. The smallest absolute Gasteiger partial charge is 0.417 e. The number of benzene rings is 3. The summed E-state index contributed by atoms with van der Waals surface area (Å²) in [5.74, 6) is 1.19. The number of aromatic nitrogens is 2. The van der Waals surface area contributed by atoms with Crippen molar-refractivity contribution in [3.8, 4) is 22.5 Å². The van der Waals surface area contributed by atoms with Gasteiger partial charge in [-0.05, 0) is 81.3 Å². The van der Waals surface area contributed by atoms with Gasteiger partial charge in [0.25, 0.3) is 0 Å². The van der Waals surface area contributed by atoms with Gasteiger partial charge in [-0.15, -0.1) is 9.13 Å². The summed E-state index contributed by atoms with van der Waals surface area (Å²) >= 11 is 0. The van der Waals surface area contributed by atoms with Gasteiger partial charge < -0.3 is 4.42 Å². The first-order chi connectivity index (χ1) is 19.1. The average Bonchev–Trinajstić information content (AvgIpc) is 3.57. The lowest BCUT2D eigenvalue weighted by Gasteiger charge is -2.18. The van der Waals surface area contributed by atoms with Gasteiger partial charge in [0.05, 0.1) is 10.9 Å². The van der Waals surface area contributed by atoms with Gasteiger partial charge in [0, 0.05) is 35.1 Å². The van der Waals surface area contributed by atoms with Crippen molar-refractivity contribution in [3.05, 3.63) is 118 Å². The Morgan fingerprint density at radius 3 is 2.56 bits per heavy atom. The summed E-state index contributed by atoms with van der Waals surface area (Å²) in [6.45, 7) is 6.67. The molecule has 0 N–H and O–H groups in total. The van der Waals surface area contributed by atoms with E-state index in [2.05, 4.69) is 109 Å². The summed E-state index contributed by atoms with van der Waals surface area (Å²) < 4.78 is 11.9. The van der Waals surface area contributed by atoms with Gasteiger partial charge in [-0.2, -0.15) is 0 Å². The first kappa shape index (κ1) is 21.7. The zero-order valence-corrected chi connectivity index (χ0v) is 22.6. The minimum Gasteiger partial charge on any atom is -0.460 e. The second kappa shape index (κ2) is 7.24. The van der Waals surface area contributed by atoms with E-state index in [4.69, 9.17) is 4.42 Å². The van der Waals surface area contributed by atoms with Gasteiger partial charge >= 0.3 is 5.66 Å². The predicted molar refractivity (Wildman–Crippen MR) is 154 cm³/mol. The molecule has 1 unspecified atom stereocenters. The van der Waals surface area contributed by atoms with E-state index < -0.39 is 5.66 Å². The number of hydrogen-bond donors (Lipinski definition) is 0. The summed E-state index contributed by atoms with van der Waals surface area (Å²) in [4.78, 5) is 0. The standard InChI is InChI=1S/C36H30N2O/c1-21-12-13-28-30(18-21)36(38-20-23(3)22(2)19-31(28)38)29-15-14-27-26-10-6-7-11-32(26)39-35(27)33(29)34-25-9-5-4-8-24(25)16-17-37(34)36/h4-5,8-9,12-20H,6-7,10-11H2,1-3H3/q+2. The van der Waals surface area contributed by atoms with Crippen molar-refractivity contribution in [2.45, 2.75) is 52.1 Å². The second-order valence-corrected chi connectivity index (χ2v) is 11.8. The Labute approximate surface area is 228 Å². The molecule has 0 saturated carbocycles. The Kier molecular flexibility index (Phi) is 4.02. The SMILES string of the molecule is Cc1ccc2c(c1)C1(c3ccc4c5c(oc4c3-c3c4ccccc4cc[n+]31)CCCC5)[n+]1cc(C)c(C)cc1-2. The first-order valence-electron chi connectivity index (χ1n) is 14.2. The van der Waals surface area contributed by atoms with E-state index in [0.717, 1.165) is 18.4 Å². The molecule has 3 aliphatic rings. The number of furan rings is 1. The van der Waals surface area contributed by atoms with Gasteiger partial charge in [-0.3, -0.25) is 0 Å². The quantitative estimate of drug-likeness (QED) is 0.199. The minimum absolute atomic E-state index is 0.522. The lowest BCUT2D eigenvalue weighted by Crippen LogP contribution is -2.71. The molecule has 9 rings (SSSR count). The maximum absolute atomic E-state index is 6.86. The highest BCUT2D eigenvalue weighted by atomic mass is 16.3. The molecular formula is C36H30N2O+2. The fourth-order valence-electron chi connectivity index (χ4n) is 7.77. The largest absolute Gasteiger partial charge is 0.460 e. The van der Waals surface area contributed by atoms with Crippen molar-refractivity contribution in [3.63, 3.8) is 0 Å². The van der Waals surface area contributed by atoms with Crippen LogP contribution in [0.5, 0.6) is 0 Å². The molecule has 1 atom stereocenters. The van der Waals surface area contributed by atoms with Crippen LogP contribution in [0.1, 0.15) is 52.0 Å². The Bertz CT molecular complexity index is 2060. The maximum Gasteiger partial charge on any atom is 0.417 e. The zero-order valence-electron chi connectivity index (χ0n) is 22.6. The van der Waals surface area contributed by atoms with Crippen molar-refractivity contribution in [2.24, 2.45) is 0 Å². The Balaban J connectivity index is 1.54. The second-order valence-electron chi connectivity index (χ2n) is 11.8. The van der Waals surface area contributed by atoms with Crippen LogP contribution in [0.3, 0.4) is 0 Å². The molecule has 5 heterocycles. The van der Waals surface area contributed by atoms with Crippen LogP contribution < -0.4 is 9.13 Å². The van der Waals surface area contributed by atoms with Crippen LogP contribution in [-0.4, -0.2) is 0 Å². The molecule has 3 heteroatoms. The van der Waals surface area contributed by atoms with Crippen LogP contribution in [0.15, 0.2) is 83.5 Å². The van der Waals surface area contributed by atoms with E-state index >= 15 is 0 Å². The van der Waals surface area contributed by atoms with E-state index in [1.54, 1.807) is 0 Å². The first-order valence-corrected chi connectivity index (χ1v) is 14.2. The fourth-order valence-corrected chi connectivity index (χ4v) is 7.77. The van der Waals surface area contributed by atoms with Crippen molar-refractivity contribution < 1.29 is 13.6 Å². The molecule has 2 aliphatic heterocycles. The maximum atomic E-state index is 6.86. The number of aryl methyl sites for hydroxylation is 5. The molecule has 3 aromatic carbocycles. The summed E-state index contributed by atoms with van der Waals surface area (Å²) in [5.41, 5.74) is 13.6. The third kappa shape index (κ3) is 2.50. The fraction of sp³-hybridized carbons (Fsp3) is 0.222. The van der Waals surface area contributed by atoms with Gasteiger partial charge in [-0.1, -0.05) is 29.8 Å². The van der Waals surface area contributed by atoms with E-state index in [9.17, 15) is 0 Å². The summed E-state index contributed by atoms with van der Waals surface area (Å²) in [6.07, 6.45) is 9.29. The van der Waals surface area contributed by atoms with Crippen molar-refractivity contribution in [1.82, 2.24) is 0 Å². The summed E-state index contributed by atoms with van der Waals surface area (Å²) in [5, 5.41) is 3.83. The molecule has 39 heavy (non-hydrogen) atoms. The van der Waals surface area contributed by atoms with Crippen LogP contribution in [0.4, 0.5) is 0 Å². The predicted octanol–water partition coefficient (Wildman–Crippen LogP) is 7.22. The average molecular weight is 507 g/mol. The van der Waals surface area contributed by atoms with Gasteiger partial charge in [0.2, 0.25) is 11.4 Å². The van der Waals surface area contributed by atoms with Crippen LogP contribution in [-0.2, 0) is 18.5 Å². The highest BCUT2D eigenvalue weighted by Crippen LogP contribution is 2.52. The van der Waals surface area contributed by atoms with Crippen LogP contribution >= 0.6 is 0 Å².